The Morgan fingerprint density at radius 3 is 2.48 bits per heavy atom. The van der Waals surface area contributed by atoms with Crippen molar-refractivity contribution in [2.45, 2.75) is 77.0 Å². The van der Waals surface area contributed by atoms with Crippen molar-refractivity contribution < 1.29 is 14.3 Å². The smallest absolute Gasteiger partial charge is 0.266 e. The Balaban J connectivity index is 1.10. The van der Waals surface area contributed by atoms with Gasteiger partial charge in [-0.05, 0) is 82.1 Å². The molecule has 2 saturated heterocycles. The molecule has 3 fully saturated rings. The first-order valence-corrected chi connectivity index (χ1v) is 15.6. The number of ether oxygens (including phenoxy) is 1. The summed E-state index contributed by atoms with van der Waals surface area (Å²) in [6, 6.07) is 16.8. The van der Waals surface area contributed by atoms with Crippen LogP contribution in [0.15, 0.2) is 60.9 Å². The summed E-state index contributed by atoms with van der Waals surface area (Å²) in [6.45, 7) is 7.60. The molecule has 3 heterocycles. The molecule has 3 aliphatic rings. The summed E-state index contributed by atoms with van der Waals surface area (Å²) >= 11 is 0. The van der Waals surface area contributed by atoms with Crippen LogP contribution in [0.5, 0.6) is 5.75 Å². The van der Waals surface area contributed by atoms with E-state index in [4.69, 9.17) is 4.74 Å². The van der Waals surface area contributed by atoms with E-state index in [2.05, 4.69) is 50.3 Å². The van der Waals surface area contributed by atoms with Gasteiger partial charge in [0.2, 0.25) is 5.91 Å². The number of H-pyrrole nitrogens is 1. The third-order valence-electron chi connectivity index (χ3n) is 8.89. The maximum atomic E-state index is 13.9. The number of benzene rings is 2. The minimum Gasteiger partial charge on any atom is -0.478 e. The third-order valence-corrected chi connectivity index (χ3v) is 8.89. The number of rotatable bonds is 9. The highest BCUT2D eigenvalue weighted by Crippen LogP contribution is 2.34. The molecule has 1 aliphatic carbocycles. The first-order valence-electron chi connectivity index (χ1n) is 15.6. The predicted molar refractivity (Wildman–Crippen MR) is 164 cm³/mol. The molecule has 8 heteroatoms. The van der Waals surface area contributed by atoms with E-state index < -0.39 is 5.60 Å². The van der Waals surface area contributed by atoms with Gasteiger partial charge >= 0.3 is 0 Å². The number of anilines is 1. The molecule has 8 nitrogen and oxygen atoms in total. The van der Waals surface area contributed by atoms with Gasteiger partial charge in [-0.25, -0.2) is 0 Å². The summed E-state index contributed by atoms with van der Waals surface area (Å²) in [4.78, 5) is 33.5. The molecule has 1 N–H and O–H groups in total. The number of aromatic amines is 1. The fourth-order valence-electron chi connectivity index (χ4n) is 6.39. The van der Waals surface area contributed by atoms with Crippen molar-refractivity contribution in [3.63, 3.8) is 0 Å². The van der Waals surface area contributed by atoms with Crippen LogP contribution in [0.1, 0.15) is 64.4 Å². The summed E-state index contributed by atoms with van der Waals surface area (Å²) in [5.41, 5.74) is 3.44. The maximum Gasteiger partial charge on any atom is 0.266 e. The zero-order valence-electron chi connectivity index (χ0n) is 24.9. The second-order valence-corrected chi connectivity index (χ2v) is 12.6. The highest BCUT2D eigenvalue weighted by Gasteiger charge is 2.38. The summed E-state index contributed by atoms with van der Waals surface area (Å²) in [5.74, 6) is 0.968. The Kier molecular flexibility index (Phi) is 8.22. The zero-order valence-corrected chi connectivity index (χ0v) is 24.9. The number of piperidine rings is 2. The summed E-state index contributed by atoms with van der Waals surface area (Å²) < 4.78 is 6.30. The number of likely N-dealkylation sites (tertiary alicyclic amines) is 1. The number of nitrogens with one attached hydrogen (secondary N) is 1. The van der Waals surface area contributed by atoms with Crippen molar-refractivity contribution in [3.8, 4) is 16.9 Å². The molecular formula is C34H43N5O3. The van der Waals surface area contributed by atoms with Crippen molar-refractivity contribution in [3.05, 3.63) is 66.5 Å². The van der Waals surface area contributed by atoms with Gasteiger partial charge in [0.1, 0.15) is 5.75 Å². The van der Waals surface area contributed by atoms with Crippen LogP contribution in [0.25, 0.3) is 11.1 Å². The van der Waals surface area contributed by atoms with Crippen molar-refractivity contribution in [2.75, 3.05) is 31.1 Å². The summed E-state index contributed by atoms with van der Waals surface area (Å²) in [5, 5.41) is 6.91. The van der Waals surface area contributed by atoms with Crippen LogP contribution >= 0.6 is 0 Å². The molecular weight excluding hydrogens is 526 g/mol. The van der Waals surface area contributed by atoms with E-state index in [-0.39, 0.29) is 17.7 Å². The molecule has 222 valence electrons. The lowest BCUT2D eigenvalue weighted by atomic mass is 9.95. The minimum atomic E-state index is -0.933. The van der Waals surface area contributed by atoms with Gasteiger partial charge in [-0.2, -0.15) is 5.10 Å². The highest BCUT2D eigenvalue weighted by atomic mass is 16.5. The first-order chi connectivity index (χ1) is 20.4. The monoisotopic (exact) mass is 569 g/mol. The quantitative estimate of drug-likeness (QED) is 0.360. The van der Waals surface area contributed by atoms with Crippen LogP contribution in [-0.2, 0) is 16.1 Å². The largest absolute Gasteiger partial charge is 0.478 e. The summed E-state index contributed by atoms with van der Waals surface area (Å²) in [7, 11) is 0. The Hall–Kier alpha value is -3.81. The van der Waals surface area contributed by atoms with Crippen LogP contribution in [0, 0.1) is 5.92 Å². The van der Waals surface area contributed by atoms with E-state index in [1.807, 2.05) is 49.3 Å². The number of aromatic nitrogens is 2. The normalized spacial score (nSPS) is 19.4. The van der Waals surface area contributed by atoms with Gasteiger partial charge in [-0.1, -0.05) is 30.3 Å². The SMILES string of the molecule is CC(C)(Oc1cccc(N2CCCC(C(=O)N(Cc3ccc(-c4cn[nH]c4)cc3)C3CC3)C2)c1)C(=O)N1CCCCC1. The highest BCUT2D eigenvalue weighted by molar-refractivity contribution is 5.85. The Labute approximate surface area is 249 Å². The number of hydrogen-bond donors (Lipinski definition) is 1. The summed E-state index contributed by atoms with van der Waals surface area (Å²) in [6.07, 6.45) is 11.1. The molecule has 1 aromatic heterocycles. The second kappa shape index (κ2) is 12.2. The second-order valence-electron chi connectivity index (χ2n) is 12.6. The fourth-order valence-corrected chi connectivity index (χ4v) is 6.39. The van der Waals surface area contributed by atoms with Crippen molar-refractivity contribution >= 4 is 17.5 Å². The van der Waals surface area contributed by atoms with E-state index in [0.717, 1.165) is 80.5 Å². The van der Waals surface area contributed by atoms with Gasteiger partial charge in [0.15, 0.2) is 5.60 Å². The maximum absolute atomic E-state index is 13.9. The predicted octanol–water partition coefficient (Wildman–Crippen LogP) is 5.65. The molecule has 42 heavy (non-hydrogen) atoms. The van der Waals surface area contributed by atoms with Crippen LogP contribution in [0.2, 0.25) is 0 Å². The molecule has 1 unspecified atom stereocenters. The number of carbonyl (C=O) groups is 2. The average Bonchev–Trinajstić information content (AvgIpc) is 3.72. The number of amides is 2. The van der Waals surface area contributed by atoms with Gasteiger partial charge in [-0.15, -0.1) is 0 Å². The van der Waals surface area contributed by atoms with Gasteiger partial charge in [0.05, 0.1) is 12.1 Å². The van der Waals surface area contributed by atoms with E-state index in [9.17, 15) is 9.59 Å². The van der Waals surface area contributed by atoms with Crippen molar-refractivity contribution in [1.29, 1.82) is 0 Å². The fraction of sp³-hybridized carbons (Fsp3) is 0.500. The molecule has 2 amide bonds. The lowest BCUT2D eigenvalue weighted by Gasteiger charge is -2.37. The zero-order chi connectivity index (χ0) is 29.1. The minimum absolute atomic E-state index is 0.0359. The Morgan fingerprint density at radius 2 is 1.76 bits per heavy atom. The van der Waals surface area contributed by atoms with E-state index >= 15 is 0 Å². The third kappa shape index (κ3) is 6.48. The molecule has 0 bridgehead atoms. The lowest BCUT2D eigenvalue weighted by molar-refractivity contribution is -0.146. The standard InChI is InChI=1S/C34H43N5O3/c1-34(2,33(41)37-17-4-3-5-18-37)42-31-10-6-9-30(20-31)38-19-7-8-27(24-38)32(40)39(29-15-16-29)23-25-11-13-26(14-12-25)28-21-35-36-22-28/h6,9-14,20-22,27,29H,3-5,7-8,15-19,23-24H2,1-2H3,(H,35,36). The Morgan fingerprint density at radius 1 is 0.976 bits per heavy atom. The molecule has 2 aromatic carbocycles. The number of hydrogen-bond acceptors (Lipinski definition) is 5. The molecule has 0 spiro atoms. The number of carbonyl (C=O) groups excluding carboxylic acids is 2. The van der Waals surface area contributed by atoms with Gasteiger partial charge in [0, 0.05) is 62.3 Å². The van der Waals surface area contributed by atoms with E-state index in [0.29, 0.717) is 24.9 Å². The van der Waals surface area contributed by atoms with Crippen LogP contribution in [-0.4, -0.2) is 69.6 Å². The van der Waals surface area contributed by atoms with Gasteiger partial charge in [-0.3, -0.25) is 14.7 Å². The Bertz CT molecular complexity index is 1360. The molecule has 2 aliphatic heterocycles. The molecule has 1 saturated carbocycles. The molecule has 6 rings (SSSR count). The van der Waals surface area contributed by atoms with Crippen molar-refractivity contribution in [1.82, 2.24) is 20.0 Å². The van der Waals surface area contributed by atoms with E-state index in [1.54, 1.807) is 0 Å². The first kappa shape index (κ1) is 28.3. The van der Waals surface area contributed by atoms with Crippen molar-refractivity contribution in [2.24, 2.45) is 5.92 Å². The van der Waals surface area contributed by atoms with Gasteiger partial charge < -0.3 is 19.4 Å². The topological polar surface area (TPSA) is 81.8 Å². The van der Waals surface area contributed by atoms with E-state index in [1.165, 1.54) is 6.42 Å². The molecule has 0 radical (unpaired) electrons. The number of nitrogens with zero attached hydrogens (tertiary/aromatic N) is 4. The van der Waals surface area contributed by atoms with Crippen LogP contribution < -0.4 is 9.64 Å². The molecule has 3 aromatic rings. The van der Waals surface area contributed by atoms with Crippen LogP contribution in [0.4, 0.5) is 5.69 Å². The molecule has 1 atom stereocenters. The van der Waals surface area contributed by atoms with Gasteiger partial charge in [0.25, 0.3) is 5.91 Å². The van der Waals surface area contributed by atoms with Crippen LogP contribution in [0.3, 0.4) is 0 Å². The lowest BCUT2D eigenvalue weighted by Crippen LogP contribution is -2.50. The average molecular weight is 570 g/mol.